The first kappa shape index (κ1) is 15.3. The Kier molecular flexibility index (Phi) is 5.52. The molecule has 0 aliphatic heterocycles. The van der Waals surface area contributed by atoms with Gasteiger partial charge in [0.25, 0.3) is 0 Å². The number of aryl methyl sites for hydroxylation is 1. The van der Waals surface area contributed by atoms with E-state index >= 15 is 0 Å². The molecule has 0 spiro atoms. The van der Waals surface area contributed by atoms with Gasteiger partial charge < -0.3 is 10.4 Å². The van der Waals surface area contributed by atoms with Gasteiger partial charge in [0.05, 0.1) is 19.1 Å². The number of nitrogens with one attached hydrogen (secondary N) is 1. The molecule has 0 aliphatic rings. The second-order valence-electron chi connectivity index (χ2n) is 5.30. The van der Waals surface area contributed by atoms with Gasteiger partial charge in [0.15, 0.2) is 0 Å². The number of benzene rings is 2. The summed E-state index contributed by atoms with van der Waals surface area (Å²) in [5.41, 5.74) is 3.24. The predicted molar refractivity (Wildman–Crippen MR) is 84.0 cm³/mol. The minimum absolute atomic E-state index is 0.0596. The lowest BCUT2D eigenvalue weighted by Gasteiger charge is -2.16. The van der Waals surface area contributed by atoms with Crippen molar-refractivity contribution in [3.63, 3.8) is 0 Å². The molecule has 2 aromatic rings. The first-order valence-electron chi connectivity index (χ1n) is 7.17. The van der Waals surface area contributed by atoms with Crippen LogP contribution in [0.15, 0.2) is 54.6 Å². The molecule has 0 heterocycles. The molecular formula is C18H21NO2. The number of hydrogen-bond donors (Lipinski definition) is 2. The maximum absolute atomic E-state index is 12.1. The Balaban J connectivity index is 1.90. The lowest BCUT2D eigenvalue weighted by molar-refractivity contribution is -0.121. The van der Waals surface area contributed by atoms with Crippen molar-refractivity contribution < 1.29 is 9.90 Å². The molecule has 0 fully saturated rings. The van der Waals surface area contributed by atoms with Crippen LogP contribution in [0.4, 0.5) is 0 Å². The van der Waals surface area contributed by atoms with E-state index in [1.807, 2.05) is 61.5 Å². The number of rotatable bonds is 6. The monoisotopic (exact) mass is 283 g/mol. The van der Waals surface area contributed by atoms with Crippen molar-refractivity contribution in [2.24, 2.45) is 0 Å². The van der Waals surface area contributed by atoms with Crippen LogP contribution in [-0.2, 0) is 17.6 Å². The van der Waals surface area contributed by atoms with Crippen LogP contribution in [0.1, 0.15) is 16.7 Å². The number of amides is 1. The van der Waals surface area contributed by atoms with E-state index in [1.165, 1.54) is 0 Å². The zero-order valence-corrected chi connectivity index (χ0v) is 12.3. The van der Waals surface area contributed by atoms with Gasteiger partial charge in [-0.3, -0.25) is 4.79 Å². The van der Waals surface area contributed by atoms with Crippen LogP contribution in [0, 0.1) is 6.92 Å². The quantitative estimate of drug-likeness (QED) is 0.854. The van der Waals surface area contributed by atoms with Gasteiger partial charge >= 0.3 is 0 Å². The van der Waals surface area contributed by atoms with Gasteiger partial charge in [0.2, 0.25) is 5.91 Å². The number of carbonyl (C=O) groups excluding carboxylic acids is 1. The van der Waals surface area contributed by atoms with Gasteiger partial charge in [-0.1, -0.05) is 60.2 Å². The van der Waals surface area contributed by atoms with E-state index in [0.29, 0.717) is 12.8 Å². The standard InChI is InChI=1S/C18H21NO2/c1-14-6-5-9-16(10-14)12-18(21)19-17(13-20)11-15-7-3-2-4-8-15/h2-10,17,20H,11-13H2,1H3,(H,19,21)/t17-/m1/s1. The molecule has 2 aromatic carbocycles. The first-order chi connectivity index (χ1) is 10.2. The highest BCUT2D eigenvalue weighted by Gasteiger charge is 2.12. The second kappa shape index (κ2) is 7.60. The predicted octanol–water partition coefficient (Wildman–Crippen LogP) is 2.26. The Bertz CT molecular complexity index is 581. The molecule has 0 unspecified atom stereocenters. The molecule has 2 rings (SSSR count). The first-order valence-corrected chi connectivity index (χ1v) is 7.17. The molecule has 0 aliphatic carbocycles. The summed E-state index contributed by atoms with van der Waals surface area (Å²) < 4.78 is 0. The van der Waals surface area contributed by atoms with Gasteiger partial charge in [-0.2, -0.15) is 0 Å². The summed E-state index contributed by atoms with van der Waals surface area (Å²) in [6, 6.07) is 17.5. The van der Waals surface area contributed by atoms with E-state index in [1.54, 1.807) is 0 Å². The summed E-state index contributed by atoms with van der Waals surface area (Å²) in [5.74, 6) is -0.0596. The van der Waals surface area contributed by atoms with Gasteiger partial charge in [-0.15, -0.1) is 0 Å². The zero-order chi connectivity index (χ0) is 15.1. The summed E-state index contributed by atoms with van der Waals surface area (Å²) >= 11 is 0. The highest BCUT2D eigenvalue weighted by atomic mass is 16.3. The van der Waals surface area contributed by atoms with Crippen LogP contribution in [-0.4, -0.2) is 23.7 Å². The summed E-state index contributed by atoms with van der Waals surface area (Å²) in [4.78, 5) is 12.1. The fraction of sp³-hybridized carbons (Fsp3) is 0.278. The largest absolute Gasteiger partial charge is 0.394 e. The molecular weight excluding hydrogens is 262 g/mol. The van der Waals surface area contributed by atoms with Crippen LogP contribution in [0.5, 0.6) is 0 Å². The van der Waals surface area contributed by atoms with Crippen molar-refractivity contribution in [3.05, 3.63) is 71.3 Å². The molecule has 110 valence electrons. The highest BCUT2D eigenvalue weighted by molar-refractivity contribution is 5.78. The molecule has 0 aromatic heterocycles. The molecule has 3 heteroatoms. The van der Waals surface area contributed by atoms with Gasteiger partial charge in [0, 0.05) is 0 Å². The maximum atomic E-state index is 12.1. The van der Waals surface area contributed by atoms with Crippen molar-refractivity contribution in [2.75, 3.05) is 6.61 Å². The van der Waals surface area contributed by atoms with Crippen molar-refractivity contribution >= 4 is 5.91 Å². The van der Waals surface area contributed by atoms with Crippen molar-refractivity contribution in [2.45, 2.75) is 25.8 Å². The van der Waals surface area contributed by atoms with Gasteiger partial charge in [-0.25, -0.2) is 0 Å². The number of carbonyl (C=O) groups is 1. The highest BCUT2D eigenvalue weighted by Crippen LogP contribution is 2.06. The second-order valence-corrected chi connectivity index (χ2v) is 5.30. The fourth-order valence-corrected chi connectivity index (χ4v) is 2.35. The SMILES string of the molecule is Cc1cccc(CC(=O)N[C@@H](CO)Cc2ccccc2)c1. The summed E-state index contributed by atoms with van der Waals surface area (Å²) in [5, 5.41) is 12.3. The molecule has 2 N–H and O–H groups in total. The minimum Gasteiger partial charge on any atom is -0.394 e. The summed E-state index contributed by atoms with van der Waals surface area (Å²) in [7, 11) is 0. The third-order valence-corrected chi connectivity index (χ3v) is 3.36. The fourth-order valence-electron chi connectivity index (χ4n) is 2.35. The Hall–Kier alpha value is -2.13. The van der Waals surface area contributed by atoms with E-state index in [2.05, 4.69) is 5.32 Å². The Labute approximate surface area is 125 Å². The van der Waals surface area contributed by atoms with Crippen molar-refractivity contribution in [3.8, 4) is 0 Å². The minimum atomic E-state index is -0.246. The number of aliphatic hydroxyl groups is 1. The molecule has 0 radical (unpaired) electrons. The van der Waals surface area contributed by atoms with Crippen LogP contribution in [0.3, 0.4) is 0 Å². The summed E-state index contributed by atoms with van der Waals surface area (Å²) in [6.45, 7) is 1.95. The number of aliphatic hydroxyl groups excluding tert-OH is 1. The van der Waals surface area contributed by atoms with E-state index in [9.17, 15) is 9.90 Å². The lowest BCUT2D eigenvalue weighted by atomic mass is 10.1. The summed E-state index contributed by atoms with van der Waals surface area (Å²) in [6.07, 6.45) is 0.976. The third kappa shape index (κ3) is 5.04. The van der Waals surface area contributed by atoms with Gasteiger partial charge in [-0.05, 0) is 24.5 Å². The Morgan fingerprint density at radius 1 is 1.10 bits per heavy atom. The van der Waals surface area contributed by atoms with Crippen LogP contribution in [0.2, 0.25) is 0 Å². The normalized spacial score (nSPS) is 11.9. The average Bonchev–Trinajstić information content (AvgIpc) is 2.47. The van der Waals surface area contributed by atoms with Crippen LogP contribution in [0.25, 0.3) is 0 Å². The smallest absolute Gasteiger partial charge is 0.224 e. The van der Waals surface area contributed by atoms with Crippen molar-refractivity contribution in [1.82, 2.24) is 5.32 Å². The molecule has 0 bridgehead atoms. The Morgan fingerprint density at radius 2 is 1.81 bits per heavy atom. The van der Waals surface area contributed by atoms with Crippen molar-refractivity contribution in [1.29, 1.82) is 0 Å². The lowest BCUT2D eigenvalue weighted by Crippen LogP contribution is -2.39. The molecule has 21 heavy (non-hydrogen) atoms. The molecule has 1 atom stereocenters. The van der Waals surface area contributed by atoms with Gasteiger partial charge in [0.1, 0.15) is 0 Å². The molecule has 3 nitrogen and oxygen atoms in total. The zero-order valence-electron chi connectivity index (χ0n) is 12.3. The number of hydrogen-bond acceptors (Lipinski definition) is 2. The van der Waals surface area contributed by atoms with E-state index < -0.39 is 0 Å². The topological polar surface area (TPSA) is 49.3 Å². The average molecular weight is 283 g/mol. The van der Waals surface area contributed by atoms with Crippen LogP contribution < -0.4 is 5.32 Å². The maximum Gasteiger partial charge on any atom is 0.224 e. The molecule has 0 saturated heterocycles. The Morgan fingerprint density at radius 3 is 2.48 bits per heavy atom. The third-order valence-electron chi connectivity index (χ3n) is 3.36. The van der Waals surface area contributed by atoms with Crippen LogP contribution >= 0.6 is 0 Å². The van der Waals surface area contributed by atoms with E-state index in [0.717, 1.165) is 16.7 Å². The van der Waals surface area contributed by atoms with E-state index in [-0.39, 0.29) is 18.6 Å². The molecule has 0 saturated carbocycles. The molecule has 1 amide bonds. The van der Waals surface area contributed by atoms with E-state index in [4.69, 9.17) is 0 Å².